The largest absolute Gasteiger partial charge is 0.486 e. The Hall–Kier alpha value is -0.730. The minimum atomic E-state index is 0.0228. The highest BCUT2D eigenvalue weighted by atomic mass is 35.5. The Morgan fingerprint density at radius 2 is 1.88 bits per heavy atom. The van der Waals surface area contributed by atoms with Crippen molar-refractivity contribution in [1.82, 2.24) is 0 Å². The van der Waals surface area contributed by atoms with Gasteiger partial charge in [0.25, 0.3) is 0 Å². The zero-order valence-corrected chi connectivity index (χ0v) is 10.8. The van der Waals surface area contributed by atoms with E-state index in [0.717, 1.165) is 6.42 Å². The van der Waals surface area contributed by atoms with Crippen LogP contribution < -0.4 is 4.74 Å². The molecule has 0 heterocycles. The summed E-state index contributed by atoms with van der Waals surface area (Å²) in [5.41, 5.74) is 0. The molecule has 1 atom stereocenters. The van der Waals surface area contributed by atoms with Crippen molar-refractivity contribution >= 4 is 29.0 Å². The normalized spacial score (nSPS) is 12.2. The van der Waals surface area contributed by atoms with E-state index in [1.54, 1.807) is 18.2 Å². The van der Waals surface area contributed by atoms with Crippen molar-refractivity contribution in [3.63, 3.8) is 0 Å². The van der Waals surface area contributed by atoms with Crippen LogP contribution in [0.3, 0.4) is 0 Å². The van der Waals surface area contributed by atoms with Crippen LogP contribution in [0.2, 0.25) is 10.0 Å². The van der Waals surface area contributed by atoms with Gasteiger partial charge in [-0.1, -0.05) is 37.0 Å². The molecule has 1 unspecified atom stereocenters. The van der Waals surface area contributed by atoms with Gasteiger partial charge in [-0.15, -0.1) is 0 Å². The molecule has 0 saturated heterocycles. The number of ether oxygens (including phenoxy) is 1. The van der Waals surface area contributed by atoms with E-state index < -0.39 is 0 Å². The van der Waals surface area contributed by atoms with Gasteiger partial charge >= 0.3 is 0 Å². The fourth-order valence-corrected chi connectivity index (χ4v) is 1.64. The number of benzene rings is 1. The van der Waals surface area contributed by atoms with Gasteiger partial charge in [0.2, 0.25) is 0 Å². The number of ketones is 1. The second-order valence-corrected chi connectivity index (χ2v) is 4.54. The van der Waals surface area contributed by atoms with Crippen LogP contribution in [0.25, 0.3) is 0 Å². The van der Waals surface area contributed by atoms with Crippen molar-refractivity contribution in [1.29, 1.82) is 0 Å². The van der Waals surface area contributed by atoms with Crippen LogP contribution in [0, 0.1) is 5.92 Å². The maximum absolute atomic E-state index is 11.5. The van der Waals surface area contributed by atoms with Gasteiger partial charge in [0.05, 0.1) is 0 Å². The summed E-state index contributed by atoms with van der Waals surface area (Å²) in [4.78, 5) is 11.5. The van der Waals surface area contributed by atoms with Crippen LogP contribution in [-0.4, -0.2) is 12.4 Å². The molecule has 0 fully saturated rings. The molecule has 0 amide bonds. The number of halogens is 2. The lowest BCUT2D eigenvalue weighted by atomic mass is 10.1. The molecule has 16 heavy (non-hydrogen) atoms. The molecular formula is C12H14Cl2O2. The van der Waals surface area contributed by atoms with Crippen LogP contribution in [0.15, 0.2) is 18.2 Å². The van der Waals surface area contributed by atoms with Gasteiger partial charge < -0.3 is 4.74 Å². The molecule has 4 heteroatoms. The molecule has 0 radical (unpaired) electrons. The average molecular weight is 261 g/mol. The lowest BCUT2D eigenvalue weighted by Crippen LogP contribution is -2.18. The molecule has 0 aromatic heterocycles. The lowest BCUT2D eigenvalue weighted by Gasteiger charge is -2.09. The Kier molecular flexibility index (Phi) is 5.10. The summed E-state index contributed by atoms with van der Waals surface area (Å²) in [6.45, 7) is 3.92. The predicted molar refractivity (Wildman–Crippen MR) is 66.4 cm³/mol. The first-order chi connectivity index (χ1) is 7.52. The average Bonchev–Trinajstić information content (AvgIpc) is 2.23. The first-order valence-corrected chi connectivity index (χ1v) is 5.90. The Morgan fingerprint density at radius 1 is 1.31 bits per heavy atom. The molecular weight excluding hydrogens is 247 g/mol. The second kappa shape index (κ2) is 6.12. The number of carbonyl (C=O) groups excluding carboxylic acids is 1. The van der Waals surface area contributed by atoms with Crippen molar-refractivity contribution in [2.24, 2.45) is 5.92 Å². The number of hydrogen-bond donors (Lipinski definition) is 0. The molecule has 2 nitrogen and oxygen atoms in total. The Morgan fingerprint density at radius 3 is 2.38 bits per heavy atom. The zero-order valence-electron chi connectivity index (χ0n) is 9.30. The van der Waals surface area contributed by atoms with Gasteiger partial charge in [-0.3, -0.25) is 4.79 Å². The molecule has 1 rings (SSSR count). The number of hydrogen-bond acceptors (Lipinski definition) is 2. The molecule has 0 spiro atoms. The van der Waals surface area contributed by atoms with Crippen molar-refractivity contribution in [2.45, 2.75) is 20.3 Å². The quantitative estimate of drug-likeness (QED) is 0.801. The number of Topliss-reactive ketones (excluding diaryl/α,β-unsaturated/α-hetero) is 1. The SMILES string of the molecule is CCC(C)C(=O)COc1cc(Cl)cc(Cl)c1. The Balaban J connectivity index is 2.58. The molecule has 1 aromatic carbocycles. The molecule has 0 aliphatic heterocycles. The van der Waals surface area contributed by atoms with Gasteiger partial charge in [-0.25, -0.2) is 0 Å². The van der Waals surface area contributed by atoms with Gasteiger partial charge in [-0.2, -0.15) is 0 Å². The third-order valence-electron chi connectivity index (χ3n) is 2.38. The van der Waals surface area contributed by atoms with Crippen LogP contribution in [-0.2, 0) is 4.79 Å². The van der Waals surface area contributed by atoms with E-state index in [1.807, 2.05) is 13.8 Å². The third-order valence-corrected chi connectivity index (χ3v) is 2.82. The summed E-state index contributed by atoms with van der Waals surface area (Å²) in [5, 5.41) is 0.997. The van der Waals surface area contributed by atoms with Gasteiger partial charge in [0.1, 0.15) is 12.4 Å². The molecule has 0 N–H and O–H groups in total. The van der Waals surface area contributed by atoms with Crippen LogP contribution in [0.4, 0.5) is 0 Å². The molecule has 1 aromatic rings. The minimum Gasteiger partial charge on any atom is -0.486 e. The van der Waals surface area contributed by atoms with E-state index in [4.69, 9.17) is 27.9 Å². The van der Waals surface area contributed by atoms with Gasteiger partial charge in [0, 0.05) is 16.0 Å². The summed E-state index contributed by atoms with van der Waals surface area (Å²) < 4.78 is 5.33. The van der Waals surface area contributed by atoms with E-state index in [9.17, 15) is 4.79 Å². The minimum absolute atomic E-state index is 0.0228. The summed E-state index contributed by atoms with van der Waals surface area (Å²) in [5.74, 6) is 0.627. The van der Waals surface area contributed by atoms with E-state index in [-0.39, 0.29) is 18.3 Å². The van der Waals surface area contributed by atoms with Crippen LogP contribution >= 0.6 is 23.2 Å². The first kappa shape index (κ1) is 13.3. The molecule has 0 aliphatic rings. The highest BCUT2D eigenvalue weighted by molar-refractivity contribution is 6.34. The van der Waals surface area contributed by atoms with Crippen molar-refractivity contribution in [3.8, 4) is 5.75 Å². The maximum atomic E-state index is 11.5. The van der Waals surface area contributed by atoms with E-state index in [0.29, 0.717) is 15.8 Å². The molecule has 0 saturated carbocycles. The predicted octanol–water partition coefficient (Wildman–Crippen LogP) is 3.99. The molecule has 0 aliphatic carbocycles. The summed E-state index contributed by atoms with van der Waals surface area (Å²) in [6, 6.07) is 4.89. The topological polar surface area (TPSA) is 26.3 Å². The molecule has 0 bridgehead atoms. The van der Waals surface area contributed by atoms with E-state index in [2.05, 4.69) is 0 Å². The van der Waals surface area contributed by atoms with Crippen LogP contribution in [0.1, 0.15) is 20.3 Å². The van der Waals surface area contributed by atoms with Crippen LogP contribution in [0.5, 0.6) is 5.75 Å². The van der Waals surface area contributed by atoms with Gasteiger partial charge in [-0.05, 0) is 24.6 Å². The zero-order chi connectivity index (χ0) is 12.1. The van der Waals surface area contributed by atoms with E-state index in [1.165, 1.54) is 0 Å². The number of carbonyl (C=O) groups is 1. The van der Waals surface area contributed by atoms with Crippen molar-refractivity contribution in [2.75, 3.05) is 6.61 Å². The highest BCUT2D eigenvalue weighted by Crippen LogP contribution is 2.24. The molecule has 88 valence electrons. The third kappa shape index (κ3) is 4.03. The first-order valence-electron chi connectivity index (χ1n) is 5.14. The number of rotatable bonds is 5. The van der Waals surface area contributed by atoms with Crippen molar-refractivity contribution < 1.29 is 9.53 Å². The van der Waals surface area contributed by atoms with E-state index >= 15 is 0 Å². The summed E-state index contributed by atoms with van der Waals surface area (Å²) in [6.07, 6.45) is 0.818. The standard InChI is InChI=1S/C12H14Cl2O2/c1-3-8(2)12(15)7-16-11-5-9(13)4-10(14)6-11/h4-6,8H,3,7H2,1-2H3. The second-order valence-electron chi connectivity index (χ2n) is 3.67. The fourth-order valence-electron chi connectivity index (χ4n) is 1.14. The summed E-state index contributed by atoms with van der Waals surface area (Å²) >= 11 is 11.6. The van der Waals surface area contributed by atoms with Gasteiger partial charge in [0.15, 0.2) is 5.78 Å². The maximum Gasteiger partial charge on any atom is 0.172 e. The summed E-state index contributed by atoms with van der Waals surface area (Å²) in [7, 11) is 0. The fraction of sp³-hybridized carbons (Fsp3) is 0.417. The monoisotopic (exact) mass is 260 g/mol. The Labute approximate surface area is 106 Å². The van der Waals surface area contributed by atoms with Crippen molar-refractivity contribution in [3.05, 3.63) is 28.2 Å². The highest BCUT2D eigenvalue weighted by Gasteiger charge is 2.11. The lowest BCUT2D eigenvalue weighted by molar-refractivity contribution is -0.124. The Bertz CT molecular complexity index is 357. The smallest absolute Gasteiger partial charge is 0.172 e.